The van der Waals surface area contributed by atoms with Gasteiger partial charge in [-0.2, -0.15) is 13.2 Å². The van der Waals surface area contributed by atoms with E-state index < -0.39 is 40.5 Å². The molecular formula is C22H22F4N2O3. The number of halogens is 4. The van der Waals surface area contributed by atoms with Crippen molar-refractivity contribution in [2.75, 3.05) is 6.61 Å². The van der Waals surface area contributed by atoms with Crippen LogP contribution in [-0.2, 0) is 10.3 Å². The van der Waals surface area contributed by atoms with E-state index in [0.717, 1.165) is 0 Å². The first kappa shape index (κ1) is 22.6. The number of alkyl halides is 3. The Labute approximate surface area is 177 Å². The molecule has 166 valence electrons. The number of aromatic nitrogens is 1. The molecule has 0 aliphatic carbocycles. The van der Waals surface area contributed by atoms with Gasteiger partial charge in [-0.15, -0.1) is 0 Å². The third-order valence-electron chi connectivity index (χ3n) is 4.62. The number of nitrogens with one attached hydrogen (secondary N) is 1. The fourth-order valence-corrected chi connectivity index (χ4v) is 3.12. The maximum absolute atomic E-state index is 13.4. The lowest BCUT2D eigenvalue weighted by atomic mass is 9.92. The fraction of sp³-hybridized carbons (Fsp3) is 0.364. The van der Waals surface area contributed by atoms with Gasteiger partial charge in [0.05, 0.1) is 11.3 Å². The summed E-state index contributed by atoms with van der Waals surface area (Å²) in [6, 6.07) is 6.31. The summed E-state index contributed by atoms with van der Waals surface area (Å²) in [7, 11) is 0. The Bertz CT molecular complexity index is 1030. The molecule has 9 heteroatoms. The normalized spacial score (nSPS) is 18.2. The molecule has 1 unspecified atom stereocenters. The summed E-state index contributed by atoms with van der Waals surface area (Å²) in [5.41, 5.74) is -2.79. The molecule has 0 bridgehead atoms. The van der Waals surface area contributed by atoms with Gasteiger partial charge < -0.3 is 14.8 Å². The van der Waals surface area contributed by atoms with Crippen molar-refractivity contribution >= 4 is 11.7 Å². The van der Waals surface area contributed by atoms with Crippen LogP contribution in [0.15, 0.2) is 36.9 Å². The summed E-state index contributed by atoms with van der Waals surface area (Å²) in [5.74, 6) is -0.308. The number of rotatable bonds is 3. The van der Waals surface area contributed by atoms with Gasteiger partial charge in [0, 0.05) is 11.1 Å². The van der Waals surface area contributed by atoms with E-state index in [0.29, 0.717) is 5.56 Å². The highest BCUT2D eigenvalue weighted by Gasteiger charge is 2.43. The number of benzene rings is 1. The number of nitrogens with zero attached hydrogens (tertiary/aromatic N) is 1. The summed E-state index contributed by atoms with van der Waals surface area (Å²) in [4.78, 5) is 16.5. The molecule has 0 saturated heterocycles. The van der Waals surface area contributed by atoms with Crippen LogP contribution in [-0.4, -0.2) is 29.5 Å². The molecule has 0 fully saturated rings. The van der Waals surface area contributed by atoms with Gasteiger partial charge in [0.15, 0.2) is 5.75 Å². The van der Waals surface area contributed by atoms with Crippen molar-refractivity contribution in [2.24, 2.45) is 0 Å². The SMILES string of the molecule is C=C(c1cc2c(c(-c3ccc(F)cc3)n1)OCC2(C)NC(=O)OC(C)(C)C)C(F)(F)F. The lowest BCUT2D eigenvalue weighted by Crippen LogP contribution is -2.46. The molecule has 1 aromatic heterocycles. The maximum atomic E-state index is 13.4. The van der Waals surface area contributed by atoms with Gasteiger partial charge in [-0.1, -0.05) is 6.58 Å². The smallest absolute Gasteiger partial charge is 0.417 e. The van der Waals surface area contributed by atoms with Crippen molar-refractivity contribution in [3.8, 4) is 17.0 Å². The second-order valence-corrected chi connectivity index (χ2v) is 8.46. The number of carbonyl (C=O) groups excluding carboxylic acids is 1. The predicted octanol–water partition coefficient (Wildman–Crippen LogP) is 5.60. The van der Waals surface area contributed by atoms with E-state index in [1.54, 1.807) is 27.7 Å². The van der Waals surface area contributed by atoms with E-state index in [4.69, 9.17) is 9.47 Å². The highest BCUT2D eigenvalue weighted by molar-refractivity contribution is 5.77. The zero-order valence-electron chi connectivity index (χ0n) is 17.5. The minimum absolute atomic E-state index is 0.0562. The molecule has 1 amide bonds. The monoisotopic (exact) mass is 438 g/mol. The van der Waals surface area contributed by atoms with E-state index in [9.17, 15) is 22.4 Å². The minimum atomic E-state index is -4.71. The van der Waals surface area contributed by atoms with Gasteiger partial charge >= 0.3 is 12.3 Å². The van der Waals surface area contributed by atoms with E-state index in [-0.39, 0.29) is 23.6 Å². The molecular weight excluding hydrogens is 416 g/mol. The number of fused-ring (bicyclic) bond motifs is 1. The number of pyridine rings is 1. The topological polar surface area (TPSA) is 60.5 Å². The van der Waals surface area contributed by atoms with E-state index in [1.807, 2.05) is 0 Å². The molecule has 1 atom stereocenters. The summed E-state index contributed by atoms with van der Waals surface area (Å²) in [6.07, 6.45) is -5.46. The number of alkyl carbamates (subject to hydrolysis) is 1. The number of amides is 1. The van der Waals surface area contributed by atoms with Crippen LogP contribution in [0.1, 0.15) is 39.0 Å². The number of hydrogen-bond acceptors (Lipinski definition) is 4. The van der Waals surface area contributed by atoms with Crippen LogP contribution < -0.4 is 10.1 Å². The second kappa shape index (κ2) is 7.55. The molecule has 5 nitrogen and oxygen atoms in total. The Morgan fingerprint density at radius 2 is 1.84 bits per heavy atom. The molecule has 3 rings (SSSR count). The lowest BCUT2D eigenvalue weighted by molar-refractivity contribution is -0.0689. The van der Waals surface area contributed by atoms with Gasteiger partial charge in [-0.25, -0.2) is 14.2 Å². The largest absolute Gasteiger partial charge is 0.488 e. The van der Waals surface area contributed by atoms with Crippen LogP contribution in [0.25, 0.3) is 16.8 Å². The van der Waals surface area contributed by atoms with Gasteiger partial charge in [0.25, 0.3) is 0 Å². The number of ether oxygens (including phenoxy) is 2. The van der Waals surface area contributed by atoms with Crippen LogP contribution in [0, 0.1) is 5.82 Å². The van der Waals surface area contributed by atoms with Crippen LogP contribution in [0.2, 0.25) is 0 Å². The molecule has 1 N–H and O–H groups in total. The van der Waals surface area contributed by atoms with E-state index >= 15 is 0 Å². The lowest BCUT2D eigenvalue weighted by Gasteiger charge is -2.27. The first-order chi connectivity index (χ1) is 14.2. The fourth-order valence-electron chi connectivity index (χ4n) is 3.12. The minimum Gasteiger partial charge on any atom is -0.488 e. The van der Waals surface area contributed by atoms with Crippen LogP contribution in [0.4, 0.5) is 22.4 Å². The average molecular weight is 438 g/mol. The first-order valence-corrected chi connectivity index (χ1v) is 9.41. The number of allylic oxidation sites excluding steroid dienone is 1. The molecule has 2 aromatic rings. The van der Waals surface area contributed by atoms with Gasteiger partial charge in [-0.05, 0) is 58.0 Å². The van der Waals surface area contributed by atoms with Crippen LogP contribution >= 0.6 is 0 Å². The van der Waals surface area contributed by atoms with E-state index in [2.05, 4.69) is 16.9 Å². The van der Waals surface area contributed by atoms with Crippen molar-refractivity contribution < 1.29 is 31.8 Å². The highest BCUT2D eigenvalue weighted by Crippen LogP contribution is 2.45. The van der Waals surface area contributed by atoms with Crippen LogP contribution in [0.5, 0.6) is 5.75 Å². The van der Waals surface area contributed by atoms with E-state index in [1.165, 1.54) is 30.3 Å². The van der Waals surface area contributed by atoms with Crippen molar-refractivity contribution in [3.63, 3.8) is 0 Å². The third-order valence-corrected chi connectivity index (χ3v) is 4.62. The Kier molecular flexibility index (Phi) is 5.50. The molecule has 2 heterocycles. The summed E-state index contributed by atoms with van der Waals surface area (Å²) < 4.78 is 64.4. The predicted molar refractivity (Wildman–Crippen MR) is 107 cm³/mol. The van der Waals surface area contributed by atoms with Crippen molar-refractivity contribution in [1.29, 1.82) is 0 Å². The van der Waals surface area contributed by atoms with Crippen molar-refractivity contribution in [1.82, 2.24) is 10.3 Å². The zero-order valence-corrected chi connectivity index (χ0v) is 17.5. The van der Waals surface area contributed by atoms with Gasteiger partial charge in [0.2, 0.25) is 0 Å². The molecule has 0 radical (unpaired) electrons. The summed E-state index contributed by atoms with van der Waals surface area (Å²) in [5, 5.41) is 2.68. The molecule has 31 heavy (non-hydrogen) atoms. The Morgan fingerprint density at radius 3 is 2.39 bits per heavy atom. The number of hydrogen-bond donors (Lipinski definition) is 1. The Hall–Kier alpha value is -3.10. The number of carbonyl (C=O) groups is 1. The molecule has 1 aliphatic heterocycles. The molecule has 0 saturated carbocycles. The van der Waals surface area contributed by atoms with Gasteiger partial charge in [-0.3, -0.25) is 0 Å². The Balaban J connectivity index is 2.13. The second-order valence-electron chi connectivity index (χ2n) is 8.46. The highest BCUT2D eigenvalue weighted by atomic mass is 19.4. The molecule has 1 aliphatic rings. The quantitative estimate of drug-likeness (QED) is 0.634. The first-order valence-electron chi connectivity index (χ1n) is 9.41. The average Bonchev–Trinajstić information content (AvgIpc) is 2.95. The zero-order chi connectivity index (χ0) is 23.2. The van der Waals surface area contributed by atoms with Crippen LogP contribution in [0.3, 0.4) is 0 Å². The summed E-state index contributed by atoms with van der Waals surface area (Å²) >= 11 is 0. The molecule has 1 aromatic carbocycles. The maximum Gasteiger partial charge on any atom is 0.417 e. The van der Waals surface area contributed by atoms with Gasteiger partial charge in [0.1, 0.15) is 29.3 Å². The Morgan fingerprint density at radius 1 is 1.23 bits per heavy atom. The molecule has 0 spiro atoms. The third kappa shape index (κ3) is 4.81. The van der Waals surface area contributed by atoms with Crippen molar-refractivity contribution in [2.45, 2.75) is 45.0 Å². The summed E-state index contributed by atoms with van der Waals surface area (Å²) in [6.45, 7) is 9.75. The van der Waals surface area contributed by atoms with Crippen molar-refractivity contribution in [3.05, 3.63) is 54.0 Å². The standard InChI is InChI=1S/C22H22F4N2O3/c1-12(22(24,25)26)16-10-15-18(17(27-16)13-6-8-14(23)9-7-13)30-11-21(15,5)28-19(29)31-20(2,3)4/h6-10H,1,11H2,2-5H3,(H,28,29).